The highest BCUT2D eigenvalue weighted by molar-refractivity contribution is 5.89. The molecule has 0 aliphatic rings. The smallest absolute Gasteiger partial charge is 0.280 e. The molecule has 0 bridgehead atoms. The number of alkyl halides is 2. The maximum absolute atomic E-state index is 12.6. The van der Waals surface area contributed by atoms with Gasteiger partial charge in [-0.1, -0.05) is 0 Å². The lowest BCUT2D eigenvalue weighted by molar-refractivity contribution is 0.147. The van der Waals surface area contributed by atoms with Crippen LogP contribution in [0.25, 0.3) is 10.9 Å². The number of nitrogens with one attached hydrogen (secondary N) is 1. The molecule has 0 saturated heterocycles. The highest BCUT2D eigenvalue weighted by atomic mass is 19.3. The Labute approximate surface area is 90.2 Å². The lowest BCUT2D eigenvalue weighted by atomic mass is 10.2. The predicted octanol–water partition coefficient (Wildman–Crippen LogP) is 2.52. The molecule has 0 unspecified atom stereocenters. The zero-order chi connectivity index (χ0) is 11.7. The van der Waals surface area contributed by atoms with E-state index in [0.717, 1.165) is 0 Å². The Morgan fingerprint density at radius 2 is 2.00 bits per heavy atom. The van der Waals surface area contributed by atoms with Gasteiger partial charge in [0.05, 0.1) is 14.2 Å². The molecular formula is C10H10F2N2O2. The fraction of sp³-hybridized carbons (Fsp3) is 0.300. The van der Waals surface area contributed by atoms with Crippen molar-refractivity contribution in [2.45, 2.75) is 6.43 Å². The van der Waals surface area contributed by atoms with Gasteiger partial charge in [-0.3, -0.25) is 5.10 Å². The Morgan fingerprint density at radius 1 is 1.25 bits per heavy atom. The van der Waals surface area contributed by atoms with Crippen molar-refractivity contribution in [2.24, 2.45) is 0 Å². The van der Waals surface area contributed by atoms with E-state index in [9.17, 15) is 8.78 Å². The molecular weight excluding hydrogens is 218 g/mol. The maximum Gasteiger partial charge on any atom is 0.280 e. The normalized spacial score (nSPS) is 11.1. The van der Waals surface area contributed by atoms with Crippen molar-refractivity contribution < 1.29 is 18.3 Å². The Balaban J connectivity index is 2.71. The number of hydrogen-bond donors (Lipinski definition) is 1. The second kappa shape index (κ2) is 3.96. The minimum absolute atomic E-state index is 0.212. The Morgan fingerprint density at radius 3 is 2.56 bits per heavy atom. The quantitative estimate of drug-likeness (QED) is 0.878. The molecule has 0 fully saturated rings. The Hall–Kier alpha value is -1.85. The second-order valence-electron chi connectivity index (χ2n) is 3.14. The fourth-order valence-electron chi connectivity index (χ4n) is 1.58. The molecule has 1 aromatic heterocycles. The average molecular weight is 228 g/mol. The molecule has 0 saturated carbocycles. The third-order valence-electron chi connectivity index (χ3n) is 2.32. The molecule has 1 N–H and O–H groups in total. The van der Waals surface area contributed by atoms with Gasteiger partial charge in [0.1, 0.15) is 11.2 Å². The van der Waals surface area contributed by atoms with E-state index in [1.807, 2.05) is 0 Å². The summed E-state index contributed by atoms with van der Waals surface area (Å²) in [4.78, 5) is 0. The third kappa shape index (κ3) is 1.46. The van der Waals surface area contributed by atoms with Crippen molar-refractivity contribution in [3.63, 3.8) is 0 Å². The number of nitrogens with zero attached hydrogens (tertiary/aromatic N) is 1. The molecule has 1 aromatic carbocycles. The molecule has 4 nitrogen and oxygen atoms in total. The fourth-order valence-corrected chi connectivity index (χ4v) is 1.58. The van der Waals surface area contributed by atoms with Crippen LogP contribution in [-0.2, 0) is 0 Å². The third-order valence-corrected chi connectivity index (χ3v) is 2.32. The minimum Gasteiger partial charge on any atom is -0.493 e. The van der Waals surface area contributed by atoms with E-state index in [-0.39, 0.29) is 5.69 Å². The molecule has 6 heteroatoms. The number of methoxy groups -OCH3 is 2. The summed E-state index contributed by atoms with van der Waals surface area (Å²) in [7, 11) is 2.92. The summed E-state index contributed by atoms with van der Waals surface area (Å²) in [5.74, 6) is 0.811. The van der Waals surface area contributed by atoms with Crippen LogP contribution in [0.15, 0.2) is 12.1 Å². The van der Waals surface area contributed by atoms with Crippen LogP contribution >= 0.6 is 0 Å². The monoisotopic (exact) mass is 228 g/mol. The SMILES string of the molecule is COc1ccc2c(C(F)F)[nH]nc2c1OC. The van der Waals surface area contributed by atoms with Gasteiger partial charge in [0, 0.05) is 5.39 Å². The van der Waals surface area contributed by atoms with E-state index in [1.54, 1.807) is 6.07 Å². The van der Waals surface area contributed by atoms with Crippen LogP contribution in [-0.4, -0.2) is 24.4 Å². The highest BCUT2D eigenvalue weighted by Crippen LogP contribution is 2.37. The summed E-state index contributed by atoms with van der Waals surface area (Å²) in [5, 5.41) is 6.45. The van der Waals surface area contributed by atoms with Gasteiger partial charge in [0.15, 0.2) is 11.5 Å². The van der Waals surface area contributed by atoms with Crippen molar-refractivity contribution in [1.82, 2.24) is 10.2 Å². The molecule has 0 aliphatic heterocycles. The van der Waals surface area contributed by atoms with Crippen LogP contribution in [0.4, 0.5) is 8.78 Å². The predicted molar refractivity (Wildman–Crippen MR) is 54.2 cm³/mol. The van der Waals surface area contributed by atoms with Crippen LogP contribution < -0.4 is 9.47 Å². The molecule has 0 radical (unpaired) electrons. The summed E-state index contributed by atoms with van der Waals surface area (Å²) in [5.41, 5.74) is 0.133. The zero-order valence-corrected chi connectivity index (χ0v) is 8.75. The highest BCUT2D eigenvalue weighted by Gasteiger charge is 2.19. The summed E-state index contributed by atoms with van der Waals surface area (Å²) in [6.45, 7) is 0. The molecule has 86 valence electrons. The van der Waals surface area contributed by atoms with Gasteiger partial charge >= 0.3 is 0 Å². The van der Waals surface area contributed by atoms with Crippen molar-refractivity contribution in [1.29, 1.82) is 0 Å². The van der Waals surface area contributed by atoms with Crippen molar-refractivity contribution >= 4 is 10.9 Å². The van der Waals surface area contributed by atoms with Gasteiger partial charge in [-0.15, -0.1) is 0 Å². The number of halogens is 2. The summed E-state index contributed by atoms with van der Waals surface area (Å²) in [6.07, 6.45) is -2.59. The Kier molecular flexibility index (Phi) is 2.64. The average Bonchev–Trinajstić information content (AvgIpc) is 2.71. The van der Waals surface area contributed by atoms with Gasteiger partial charge in [-0.05, 0) is 12.1 Å². The van der Waals surface area contributed by atoms with E-state index in [1.165, 1.54) is 20.3 Å². The number of aromatic nitrogens is 2. The first kappa shape index (κ1) is 10.7. The van der Waals surface area contributed by atoms with Crippen LogP contribution in [0.2, 0.25) is 0 Å². The molecule has 0 atom stereocenters. The summed E-state index contributed by atoms with van der Waals surface area (Å²) >= 11 is 0. The first-order valence-electron chi connectivity index (χ1n) is 4.56. The number of benzene rings is 1. The van der Waals surface area contributed by atoms with Crippen LogP contribution in [0.5, 0.6) is 11.5 Å². The van der Waals surface area contributed by atoms with Crippen molar-refractivity contribution in [3.05, 3.63) is 17.8 Å². The van der Waals surface area contributed by atoms with Crippen LogP contribution in [0, 0.1) is 0 Å². The first-order chi connectivity index (χ1) is 7.69. The van der Waals surface area contributed by atoms with Crippen molar-refractivity contribution in [3.8, 4) is 11.5 Å². The number of H-pyrrole nitrogens is 1. The van der Waals surface area contributed by atoms with Gasteiger partial charge in [0.25, 0.3) is 6.43 Å². The topological polar surface area (TPSA) is 47.1 Å². The Bertz CT molecular complexity index is 511. The molecule has 2 aromatic rings. The van der Waals surface area contributed by atoms with Gasteiger partial charge in [-0.25, -0.2) is 8.78 Å². The van der Waals surface area contributed by atoms with E-state index >= 15 is 0 Å². The molecule has 0 amide bonds. The number of fused-ring (bicyclic) bond motifs is 1. The van der Waals surface area contributed by atoms with Crippen LogP contribution in [0.3, 0.4) is 0 Å². The number of aromatic amines is 1. The van der Waals surface area contributed by atoms with E-state index in [0.29, 0.717) is 22.4 Å². The number of ether oxygens (including phenoxy) is 2. The van der Waals surface area contributed by atoms with E-state index in [2.05, 4.69) is 10.2 Å². The first-order valence-corrected chi connectivity index (χ1v) is 4.56. The lowest BCUT2D eigenvalue weighted by Crippen LogP contribution is -1.91. The molecule has 16 heavy (non-hydrogen) atoms. The van der Waals surface area contributed by atoms with Crippen molar-refractivity contribution in [2.75, 3.05) is 14.2 Å². The number of hydrogen-bond acceptors (Lipinski definition) is 3. The maximum atomic E-state index is 12.6. The standard InChI is InChI=1S/C10H10F2N2O2/c1-15-6-4-3-5-7(9(6)16-2)13-14-8(5)10(11)12/h3-4,10H,1-2H3,(H,13,14). The van der Waals surface area contributed by atoms with Gasteiger partial charge in [-0.2, -0.15) is 5.10 Å². The second-order valence-corrected chi connectivity index (χ2v) is 3.14. The number of rotatable bonds is 3. The van der Waals surface area contributed by atoms with E-state index < -0.39 is 6.43 Å². The van der Waals surface area contributed by atoms with Gasteiger partial charge < -0.3 is 9.47 Å². The minimum atomic E-state index is -2.59. The summed E-state index contributed by atoms with van der Waals surface area (Å²) in [6, 6.07) is 3.10. The zero-order valence-electron chi connectivity index (χ0n) is 8.75. The van der Waals surface area contributed by atoms with E-state index in [4.69, 9.17) is 9.47 Å². The van der Waals surface area contributed by atoms with Crippen LogP contribution in [0.1, 0.15) is 12.1 Å². The lowest BCUT2D eigenvalue weighted by Gasteiger charge is -2.07. The summed E-state index contributed by atoms with van der Waals surface area (Å²) < 4.78 is 35.3. The molecule has 0 spiro atoms. The molecule has 2 rings (SSSR count). The van der Waals surface area contributed by atoms with Gasteiger partial charge in [0.2, 0.25) is 0 Å². The molecule has 1 heterocycles. The largest absolute Gasteiger partial charge is 0.493 e. The molecule has 0 aliphatic carbocycles.